The van der Waals surface area contributed by atoms with Crippen LogP contribution in [0.3, 0.4) is 0 Å². The standard InChI is InChI=1S/C22H26N4O3/c23-22(27)25-16-10-17-7-8-18(11-16)26(17)12-14-3-5-15(6-4-14)20-13-28-19-2-1-9-24-21(19)29-20/h1-6,9,16-18,20H,7-8,10-13H2,(H3,23,25,27)/t17-,18-,20-/m1/s1. The summed E-state index contributed by atoms with van der Waals surface area (Å²) in [6.07, 6.45) is 5.93. The number of hydrogen-bond donors (Lipinski definition) is 2. The van der Waals surface area contributed by atoms with Crippen molar-refractivity contribution in [3.63, 3.8) is 0 Å². The number of hydrogen-bond acceptors (Lipinski definition) is 5. The number of carbonyl (C=O) groups is 1. The van der Waals surface area contributed by atoms with Gasteiger partial charge >= 0.3 is 6.03 Å². The molecule has 1 aromatic carbocycles. The molecule has 2 fully saturated rings. The van der Waals surface area contributed by atoms with Gasteiger partial charge in [-0.15, -0.1) is 0 Å². The Kier molecular flexibility index (Phi) is 4.75. The van der Waals surface area contributed by atoms with Crippen LogP contribution in [0.5, 0.6) is 11.6 Å². The SMILES string of the molecule is NC(=O)NC1C[C@H]2CC[C@H](C1)N2Cc1ccc([C@H]2COc3cccnc3O2)cc1. The number of amides is 2. The molecule has 4 heterocycles. The van der Waals surface area contributed by atoms with Crippen LogP contribution < -0.4 is 20.5 Å². The van der Waals surface area contributed by atoms with E-state index < -0.39 is 6.03 Å². The molecular weight excluding hydrogens is 368 g/mol. The average Bonchev–Trinajstić information content (AvgIpc) is 2.95. The van der Waals surface area contributed by atoms with Crippen LogP contribution in [-0.2, 0) is 6.54 Å². The number of primary amides is 1. The first kappa shape index (κ1) is 18.2. The van der Waals surface area contributed by atoms with E-state index in [4.69, 9.17) is 15.2 Å². The van der Waals surface area contributed by atoms with Crippen molar-refractivity contribution in [2.45, 2.75) is 56.5 Å². The molecule has 3 N–H and O–H groups in total. The maximum Gasteiger partial charge on any atom is 0.312 e. The van der Waals surface area contributed by atoms with E-state index in [1.54, 1.807) is 6.20 Å². The zero-order valence-electron chi connectivity index (χ0n) is 16.3. The number of nitrogens with one attached hydrogen (secondary N) is 1. The fraction of sp³-hybridized carbons (Fsp3) is 0.455. The topological polar surface area (TPSA) is 89.7 Å². The lowest BCUT2D eigenvalue weighted by atomic mass is 9.96. The lowest BCUT2D eigenvalue weighted by Gasteiger charge is -2.39. The molecule has 2 saturated heterocycles. The van der Waals surface area contributed by atoms with E-state index in [2.05, 4.69) is 39.5 Å². The summed E-state index contributed by atoms with van der Waals surface area (Å²) in [4.78, 5) is 18.0. The number of nitrogens with two attached hydrogens (primary N) is 1. The van der Waals surface area contributed by atoms with E-state index in [-0.39, 0.29) is 12.1 Å². The Balaban J connectivity index is 1.22. The van der Waals surface area contributed by atoms with Crippen molar-refractivity contribution < 1.29 is 14.3 Å². The summed E-state index contributed by atoms with van der Waals surface area (Å²) in [5.74, 6) is 1.25. The predicted octanol–water partition coefficient (Wildman–Crippen LogP) is 2.76. The third-order valence-electron chi connectivity index (χ3n) is 6.33. The van der Waals surface area contributed by atoms with Crippen LogP contribution in [0.2, 0.25) is 0 Å². The number of piperidine rings is 1. The number of fused-ring (bicyclic) bond motifs is 3. The number of aromatic nitrogens is 1. The van der Waals surface area contributed by atoms with E-state index in [9.17, 15) is 4.79 Å². The van der Waals surface area contributed by atoms with Crippen LogP contribution in [0.4, 0.5) is 4.79 Å². The molecule has 1 aromatic heterocycles. The largest absolute Gasteiger partial charge is 0.484 e. The fourth-order valence-electron chi connectivity index (χ4n) is 4.97. The molecular formula is C22H26N4O3. The second kappa shape index (κ2) is 7.55. The van der Waals surface area contributed by atoms with Gasteiger partial charge in [0, 0.05) is 30.9 Å². The predicted molar refractivity (Wildman–Crippen MR) is 108 cm³/mol. The molecule has 0 aliphatic carbocycles. The van der Waals surface area contributed by atoms with Crippen molar-refractivity contribution in [1.82, 2.24) is 15.2 Å². The van der Waals surface area contributed by atoms with Crippen molar-refractivity contribution in [2.75, 3.05) is 6.61 Å². The van der Waals surface area contributed by atoms with Gasteiger partial charge < -0.3 is 20.5 Å². The minimum Gasteiger partial charge on any atom is -0.484 e. The van der Waals surface area contributed by atoms with Gasteiger partial charge in [0.1, 0.15) is 6.61 Å². The monoisotopic (exact) mass is 394 g/mol. The number of carbonyl (C=O) groups excluding carboxylic acids is 1. The highest BCUT2D eigenvalue weighted by molar-refractivity contribution is 5.72. The number of ether oxygens (including phenoxy) is 2. The van der Waals surface area contributed by atoms with Gasteiger partial charge in [-0.1, -0.05) is 24.3 Å². The second-order valence-electron chi connectivity index (χ2n) is 8.20. The van der Waals surface area contributed by atoms with Gasteiger partial charge in [-0.05, 0) is 48.9 Å². The Labute approximate surface area is 170 Å². The molecule has 3 aliphatic heterocycles. The van der Waals surface area contributed by atoms with Gasteiger partial charge in [0.25, 0.3) is 5.88 Å². The van der Waals surface area contributed by atoms with Gasteiger partial charge in [0.05, 0.1) is 0 Å². The first-order chi connectivity index (χ1) is 14.2. The Morgan fingerprint density at radius 3 is 2.66 bits per heavy atom. The Hall–Kier alpha value is -2.80. The number of rotatable bonds is 4. The van der Waals surface area contributed by atoms with Crippen LogP contribution in [0.15, 0.2) is 42.6 Å². The quantitative estimate of drug-likeness (QED) is 0.832. The van der Waals surface area contributed by atoms with Gasteiger partial charge in [-0.25, -0.2) is 9.78 Å². The van der Waals surface area contributed by atoms with Gasteiger partial charge in [0.2, 0.25) is 0 Å². The molecule has 2 bridgehead atoms. The summed E-state index contributed by atoms with van der Waals surface area (Å²) >= 11 is 0. The van der Waals surface area contributed by atoms with Gasteiger partial charge in [0.15, 0.2) is 11.9 Å². The summed E-state index contributed by atoms with van der Waals surface area (Å²) in [5, 5.41) is 2.90. The van der Waals surface area contributed by atoms with Gasteiger partial charge in [-0.3, -0.25) is 4.90 Å². The Bertz CT molecular complexity index is 874. The normalized spacial score (nSPS) is 28.1. The minimum absolute atomic E-state index is 0.141. The molecule has 0 spiro atoms. The molecule has 0 saturated carbocycles. The molecule has 3 atom stereocenters. The lowest BCUT2D eigenvalue weighted by molar-refractivity contribution is 0.0850. The van der Waals surface area contributed by atoms with Crippen molar-refractivity contribution in [1.29, 1.82) is 0 Å². The fourth-order valence-corrected chi connectivity index (χ4v) is 4.97. The van der Waals surface area contributed by atoms with E-state index >= 15 is 0 Å². The zero-order valence-corrected chi connectivity index (χ0v) is 16.3. The molecule has 2 amide bonds. The molecule has 0 unspecified atom stereocenters. The Morgan fingerprint density at radius 1 is 1.17 bits per heavy atom. The van der Waals surface area contributed by atoms with Crippen molar-refractivity contribution >= 4 is 6.03 Å². The molecule has 5 rings (SSSR count). The highest BCUT2D eigenvalue weighted by atomic mass is 16.6. The van der Waals surface area contributed by atoms with Crippen molar-refractivity contribution in [3.05, 3.63) is 53.7 Å². The highest BCUT2D eigenvalue weighted by Gasteiger charge is 2.40. The highest BCUT2D eigenvalue weighted by Crippen LogP contribution is 2.37. The summed E-state index contributed by atoms with van der Waals surface area (Å²) < 4.78 is 11.8. The summed E-state index contributed by atoms with van der Waals surface area (Å²) in [6.45, 7) is 1.42. The molecule has 29 heavy (non-hydrogen) atoms. The maximum absolute atomic E-state index is 11.2. The van der Waals surface area contributed by atoms with Crippen LogP contribution in [-0.4, -0.2) is 40.6 Å². The van der Waals surface area contributed by atoms with Gasteiger partial charge in [-0.2, -0.15) is 0 Å². The maximum atomic E-state index is 11.2. The molecule has 3 aliphatic rings. The molecule has 0 radical (unpaired) electrons. The smallest absolute Gasteiger partial charge is 0.312 e. The lowest BCUT2D eigenvalue weighted by Crippen LogP contribution is -2.51. The van der Waals surface area contributed by atoms with E-state index in [1.807, 2.05) is 12.1 Å². The second-order valence-corrected chi connectivity index (χ2v) is 8.20. The van der Waals surface area contributed by atoms with E-state index in [0.29, 0.717) is 30.3 Å². The molecule has 7 nitrogen and oxygen atoms in total. The number of nitrogens with zero attached hydrogens (tertiary/aromatic N) is 2. The van der Waals surface area contributed by atoms with Crippen molar-refractivity contribution in [3.8, 4) is 11.6 Å². The Morgan fingerprint density at radius 2 is 1.93 bits per heavy atom. The van der Waals surface area contributed by atoms with Crippen LogP contribution >= 0.6 is 0 Å². The number of pyridine rings is 1. The average molecular weight is 394 g/mol. The third kappa shape index (κ3) is 3.74. The third-order valence-corrected chi connectivity index (χ3v) is 6.33. The number of urea groups is 1. The van der Waals surface area contributed by atoms with Crippen LogP contribution in [0.25, 0.3) is 0 Å². The molecule has 7 heteroatoms. The van der Waals surface area contributed by atoms with Crippen LogP contribution in [0, 0.1) is 0 Å². The minimum atomic E-state index is -0.412. The first-order valence-corrected chi connectivity index (χ1v) is 10.3. The summed E-state index contributed by atoms with van der Waals surface area (Å²) in [7, 11) is 0. The molecule has 152 valence electrons. The van der Waals surface area contributed by atoms with Crippen molar-refractivity contribution in [2.24, 2.45) is 5.73 Å². The van der Waals surface area contributed by atoms with E-state index in [1.165, 1.54) is 18.4 Å². The zero-order chi connectivity index (χ0) is 19.8. The first-order valence-electron chi connectivity index (χ1n) is 10.3. The molecule has 2 aromatic rings. The van der Waals surface area contributed by atoms with Crippen LogP contribution in [0.1, 0.15) is 42.9 Å². The van der Waals surface area contributed by atoms with E-state index in [0.717, 1.165) is 24.9 Å². The summed E-state index contributed by atoms with van der Waals surface area (Å²) in [6, 6.07) is 13.2. The number of benzene rings is 1. The summed E-state index contributed by atoms with van der Waals surface area (Å²) in [5.41, 5.74) is 7.70.